The molecule has 0 aliphatic heterocycles. The minimum Gasteiger partial charge on any atom is -0.478 e. The Balaban J connectivity index is 1.95. The normalized spacial score (nSPS) is 10.1. The second-order valence-electron chi connectivity index (χ2n) is 4.03. The van der Waals surface area contributed by atoms with Gasteiger partial charge in [-0.3, -0.25) is 9.78 Å². The van der Waals surface area contributed by atoms with Crippen molar-refractivity contribution in [2.45, 2.75) is 4.90 Å². The molecule has 0 radical (unpaired) electrons. The van der Waals surface area contributed by atoms with E-state index in [-0.39, 0.29) is 17.2 Å². The van der Waals surface area contributed by atoms with Crippen LogP contribution in [0.4, 0.5) is 5.69 Å². The Morgan fingerprint density at radius 2 is 2.05 bits per heavy atom. The molecule has 0 bridgehead atoms. The van der Waals surface area contributed by atoms with E-state index in [1.807, 2.05) is 18.2 Å². The van der Waals surface area contributed by atoms with Gasteiger partial charge in [-0.1, -0.05) is 23.7 Å². The summed E-state index contributed by atoms with van der Waals surface area (Å²) in [7, 11) is 0. The number of pyridine rings is 1. The van der Waals surface area contributed by atoms with E-state index < -0.39 is 5.97 Å². The molecule has 108 valence electrons. The van der Waals surface area contributed by atoms with Crippen LogP contribution in [0.15, 0.2) is 47.6 Å². The summed E-state index contributed by atoms with van der Waals surface area (Å²) in [6, 6.07) is 8.59. The largest absolute Gasteiger partial charge is 0.478 e. The van der Waals surface area contributed by atoms with Crippen molar-refractivity contribution in [1.82, 2.24) is 4.98 Å². The smallest absolute Gasteiger partial charge is 0.337 e. The number of amides is 1. The number of aromatic nitrogens is 1. The molecule has 0 saturated heterocycles. The minimum atomic E-state index is -1.09. The van der Waals surface area contributed by atoms with Gasteiger partial charge in [-0.15, -0.1) is 11.8 Å². The third kappa shape index (κ3) is 4.47. The van der Waals surface area contributed by atoms with Crippen LogP contribution in [0.5, 0.6) is 0 Å². The molecule has 0 aliphatic carbocycles. The van der Waals surface area contributed by atoms with Crippen molar-refractivity contribution >= 4 is 40.9 Å². The van der Waals surface area contributed by atoms with Crippen molar-refractivity contribution in [3.8, 4) is 0 Å². The summed E-state index contributed by atoms with van der Waals surface area (Å²) in [4.78, 5) is 27.2. The lowest BCUT2D eigenvalue weighted by Crippen LogP contribution is -2.14. The van der Waals surface area contributed by atoms with Crippen molar-refractivity contribution in [1.29, 1.82) is 0 Å². The zero-order chi connectivity index (χ0) is 15.2. The molecule has 1 aromatic heterocycles. The van der Waals surface area contributed by atoms with Crippen LogP contribution in [0.25, 0.3) is 0 Å². The van der Waals surface area contributed by atoms with Crippen molar-refractivity contribution in [2.24, 2.45) is 0 Å². The number of carboxylic acid groups (broad SMARTS) is 1. The van der Waals surface area contributed by atoms with Crippen LogP contribution in [-0.2, 0) is 4.79 Å². The molecule has 0 saturated carbocycles. The van der Waals surface area contributed by atoms with E-state index in [0.717, 1.165) is 4.90 Å². The average Bonchev–Trinajstić information content (AvgIpc) is 2.46. The number of aromatic carboxylic acids is 1. The summed E-state index contributed by atoms with van der Waals surface area (Å²) < 4.78 is 0. The van der Waals surface area contributed by atoms with E-state index in [4.69, 9.17) is 16.7 Å². The lowest BCUT2D eigenvalue weighted by Gasteiger charge is -2.06. The monoisotopic (exact) mass is 322 g/mol. The number of carbonyl (C=O) groups excluding carboxylic acids is 1. The highest BCUT2D eigenvalue weighted by Gasteiger charge is 2.08. The summed E-state index contributed by atoms with van der Waals surface area (Å²) in [6.45, 7) is 0. The summed E-state index contributed by atoms with van der Waals surface area (Å²) in [5.74, 6) is -1.19. The van der Waals surface area contributed by atoms with Gasteiger partial charge >= 0.3 is 5.97 Å². The first-order valence-electron chi connectivity index (χ1n) is 5.92. The predicted octanol–water partition coefficient (Wildman–Crippen LogP) is 3.16. The molecule has 1 heterocycles. The van der Waals surface area contributed by atoms with Crippen LogP contribution in [0.3, 0.4) is 0 Å². The van der Waals surface area contributed by atoms with Crippen LogP contribution in [-0.4, -0.2) is 27.7 Å². The highest BCUT2D eigenvalue weighted by Crippen LogP contribution is 2.26. The molecular weight excluding hydrogens is 312 g/mol. The fourth-order valence-electron chi connectivity index (χ4n) is 1.53. The fourth-order valence-corrected chi connectivity index (χ4v) is 2.57. The molecule has 0 fully saturated rings. The summed E-state index contributed by atoms with van der Waals surface area (Å²) in [5, 5.41) is 12.0. The topological polar surface area (TPSA) is 79.3 Å². The first kappa shape index (κ1) is 15.3. The van der Waals surface area contributed by atoms with Crippen molar-refractivity contribution in [3.05, 3.63) is 53.3 Å². The molecule has 21 heavy (non-hydrogen) atoms. The summed E-state index contributed by atoms with van der Waals surface area (Å²) >= 11 is 7.30. The van der Waals surface area contributed by atoms with Crippen LogP contribution in [0.2, 0.25) is 5.02 Å². The van der Waals surface area contributed by atoms with Crippen molar-refractivity contribution in [3.63, 3.8) is 0 Å². The van der Waals surface area contributed by atoms with E-state index in [2.05, 4.69) is 10.3 Å². The third-order valence-electron chi connectivity index (χ3n) is 2.46. The van der Waals surface area contributed by atoms with Crippen LogP contribution in [0.1, 0.15) is 10.4 Å². The lowest BCUT2D eigenvalue weighted by molar-refractivity contribution is -0.113. The Hall–Kier alpha value is -2.05. The second kappa shape index (κ2) is 7.10. The van der Waals surface area contributed by atoms with E-state index in [1.54, 1.807) is 6.07 Å². The number of hydrogen-bond donors (Lipinski definition) is 2. The molecule has 1 aromatic carbocycles. The number of carboxylic acids is 1. The molecule has 7 heteroatoms. The zero-order valence-corrected chi connectivity index (χ0v) is 12.3. The number of hydrogen-bond acceptors (Lipinski definition) is 4. The van der Waals surface area contributed by atoms with Crippen LogP contribution in [0, 0.1) is 0 Å². The zero-order valence-electron chi connectivity index (χ0n) is 10.7. The molecule has 0 atom stereocenters. The maximum absolute atomic E-state index is 11.8. The molecule has 5 nitrogen and oxygen atoms in total. The van der Waals surface area contributed by atoms with E-state index in [1.165, 1.54) is 30.2 Å². The SMILES string of the molecule is O=C(CSc1ccccc1Cl)Nc1cncc(C(=O)O)c1. The highest BCUT2D eigenvalue weighted by molar-refractivity contribution is 8.00. The second-order valence-corrected chi connectivity index (χ2v) is 5.46. The minimum absolute atomic E-state index is 0.0200. The number of benzene rings is 1. The van der Waals surface area contributed by atoms with E-state index >= 15 is 0 Å². The highest BCUT2D eigenvalue weighted by atomic mass is 35.5. The number of thioether (sulfide) groups is 1. The molecule has 2 N–H and O–H groups in total. The number of anilines is 1. The first-order valence-corrected chi connectivity index (χ1v) is 7.28. The van der Waals surface area contributed by atoms with Gasteiger partial charge in [0.15, 0.2) is 0 Å². The van der Waals surface area contributed by atoms with Gasteiger partial charge in [0.05, 0.1) is 28.2 Å². The first-order chi connectivity index (χ1) is 10.1. The average molecular weight is 323 g/mol. The quantitative estimate of drug-likeness (QED) is 0.827. The molecule has 0 spiro atoms. The van der Waals surface area contributed by atoms with Gasteiger partial charge in [-0.05, 0) is 18.2 Å². The van der Waals surface area contributed by atoms with Crippen LogP contribution < -0.4 is 5.32 Å². The van der Waals surface area contributed by atoms with Gasteiger partial charge in [-0.2, -0.15) is 0 Å². The van der Waals surface area contributed by atoms with Crippen LogP contribution >= 0.6 is 23.4 Å². The van der Waals surface area contributed by atoms with Gasteiger partial charge in [0.1, 0.15) is 0 Å². The predicted molar refractivity (Wildman–Crippen MR) is 82.0 cm³/mol. The lowest BCUT2D eigenvalue weighted by atomic mass is 10.2. The van der Waals surface area contributed by atoms with Crippen molar-refractivity contribution in [2.75, 3.05) is 11.1 Å². The maximum Gasteiger partial charge on any atom is 0.337 e. The van der Waals surface area contributed by atoms with Gasteiger partial charge < -0.3 is 10.4 Å². The Morgan fingerprint density at radius 1 is 1.29 bits per heavy atom. The summed E-state index contributed by atoms with van der Waals surface area (Å²) in [5.41, 5.74) is 0.367. The Bertz CT molecular complexity index is 679. The van der Waals surface area contributed by atoms with E-state index in [0.29, 0.717) is 10.7 Å². The number of rotatable bonds is 5. The molecule has 0 unspecified atom stereocenters. The molecule has 2 aromatic rings. The Morgan fingerprint density at radius 3 is 2.76 bits per heavy atom. The summed E-state index contributed by atoms with van der Waals surface area (Å²) in [6.07, 6.45) is 2.61. The third-order valence-corrected chi connectivity index (χ3v) is 3.98. The van der Waals surface area contributed by atoms with Gasteiger partial charge in [-0.25, -0.2) is 4.79 Å². The van der Waals surface area contributed by atoms with Gasteiger partial charge in [0, 0.05) is 11.1 Å². The van der Waals surface area contributed by atoms with Gasteiger partial charge in [0.2, 0.25) is 5.91 Å². The standard InChI is InChI=1S/C14H11ClN2O3S/c15-11-3-1-2-4-12(11)21-8-13(18)17-10-5-9(14(19)20)6-16-7-10/h1-7H,8H2,(H,17,18)(H,19,20). The Kier molecular flexibility index (Phi) is 5.19. The van der Waals surface area contributed by atoms with E-state index in [9.17, 15) is 9.59 Å². The maximum atomic E-state index is 11.8. The van der Waals surface area contributed by atoms with Gasteiger partial charge in [0.25, 0.3) is 0 Å². The van der Waals surface area contributed by atoms with Crippen molar-refractivity contribution < 1.29 is 14.7 Å². The number of nitrogens with one attached hydrogen (secondary N) is 1. The number of nitrogens with zero attached hydrogens (tertiary/aromatic N) is 1. The molecule has 2 rings (SSSR count). The molecular formula is C14H11ClN2O3S. The molecule has 0 aliphatic rings. The number of halogens is 1. The molecule has 1 amide bonds. The number of carbonyl (C=O) groups is 2. The Labute approximate surface area is 130 Å². The fraction of sp³-hybridized carbons (Fsp3) is 0.0714.